The number of anilines is 1. The van der Waals surface area contributed by atoms with Gasteiger partial charge in [-0.05, 0) is 54.1 Å². The molecule has 0 unspecified atom stereocenters. The highest BCUT2D eigenvalue weighted by Crippen LogP contribution is 2.36. The average molecular weight is 529 g/mol. The van der Waals surface area contributed by atoms with Crippen LogP contribution < -0.4 is 19.7 Å². The molecule has 1 N–H and O–H groups in total. The Kier molecular flexibility index (Phi) is 6.13. The van der Waals surface area contributed by atoms with Crippen LogP contribution in [-0.2, 0) is 23.9 Å². The summed E-state index contributed by atoms with van der Waals surface area (Å²) in [6, 6.07) is 23.0. The third kappa shape index (κ3) is 4.31. The number of benzene rings is 4. The first kappa shape index (κ1) is 23.9. The lowest BCUT2D eigenvalue weighted by Crippen LogP contribution is -2.31. The van der Waals surface area contributed by atoms with Gasteiger partial charge in [0.15, 0.2) is 11.5 Å². The van der Waals surface area contributed by atoms with Gasteiger partial charge in [-0.25, -0.2) is 8.60 Å². The van der Waals surface area contributed by atoms with E-state index in [0.717, 1.165) is 5.56 Å². The van der Waals surface area contributed by atoms with Gasteiger partial charge in [-0.1, -0.05) is 36.4 Å². The van der Waals surface area contributed by atoms with Crippen LogP contribution in [-0.4, -0.2) is 22.8 Å². The van der Waals surface area contributed by atoms with Crippen molar-refractivity contribution in [1.82, 2.24) is 5.32 Å². The molecule has 7 nitrogen and oxygen atoms in total. The second-order valence-electron chi connectivity index (χ2n) is 8.80. The van der Waals surface area contributed by atoms with Crippen molar-refractivity contribution >= 4 is 28.3 Å². The van der Waals surface area contributed by atoms with E-state index in [1.54, 1.807) is 66.7 Å². The van der Waals surface area contributed by atoms with Crippen LogP contribution in [0.5, 0.6) is 11.5 Å². The van der Waals surface area contributed by atoms with Gasteiger partial charge in [-0.2, -0.15) is 0 Å². The summed E-state index contributed by atoms with van der Waals surface area (Å²) in [5.41, 5.74) is 1.97. The molecule has 2 aliphatic heterocycles. The monoisotopic (exact) mass is 528 g/mol. The van der Waals surface area contributed by atoms with Gasteiger partial charge in [0.1, 0.15) is 5.82 Å². The van der Waals surface area contributed by atoms with Crippen LogP contribution >= 0.6 is 0 Å². The standard InChI is InChI=1S/C29H21FN2O5S/c30-22-7-3-1-5-20(22)16-32-23-14-19(28(33)31-15-18-9-11-24-25(13-18)37-17-36-24)10-12-27(23)38(35)26-8-4-2-6-21(26)29(32)34/h1-14H,15-17H2,(H,31,33)/t38-/m1/s1. The Morgan fingerprint density at radius 1 is 0.921 bits per heavy atom. The molecule has 0 aliphatic carbocycles. The van der Waals surface area contributed by atoms with E-state index in [1.165, 1.54) is 17.0 Å². The molecule has 6 rings (SSSR count). The highest BCUT2D eigenvalue weighted by atomic mass is 32.2. The fraction of sp³-hybridized carbons (Fsp3) is 0.103. The molecule has 0 bridgehead atoms. The number of nitrogens with zero attached hydrogens (tertiary/aromatic N) is 1. The van der Waals surface area contributed by atoms with E-state index in [4.69, 9.17) is 9.47 Å². The van der Waals surface area contributed by atoms with E-state index in [1.807, 2.05) is 6.07 Å². The molecule has 2 aliphatic rings. The molecule has 0 saturated heterocycles. The quantitative estimate of drug-likeness (QED) is 0.402. The summed E-state index contributed by atoms with van der Waals surface area (Å²) < 4.78 is 38.9. The second kappa shape index (κ2) is 9.75. The van der Waals surface area contributed by atoms with Crippen LogP contribution in [0.2, 0.25) is 0 Å². The number of nitrogens with one attached hydrogen (secondary N) is 1. The van der Waals surface area contributed by atoms with Gasteiger partial charge in [0, 0.05) is 17.7 Å². The zero-order chi connectivity index (χ0) is 26.2. The summed E-state index contributed by atoms with van der Waals surface area (Å²) >= 11 is 0. The summed E-state index contributed by atoms with van der Waals surface area (Å²) in [4.78, 5) is 28.9. The molecule has 4 aromatic carbocycles. The van der Waals surface area contributed by atoms with E-state index in [0.29, 0.717) is 32.5 Å². The minimum absolute atomic E-state index is 0.0910. The maximum absolute atomic E-state index is 14.6. The first-order valence-electron chi connectivity index (χ1n) is 11.9. The van der Waals surface area contributed by atoms with Crippen molar-refractivity contribution in [2.24, 2.45) is 0 Å². The lowest BCUT2D eigenvalue weighted by molar-refractivity contribution is 0.0947. The summed E-state index contributed by atoms with van der Waals surface area (Å²) in [6.07, 6.45) is 0. The Morgan fingerprint density at radius 3 is 2.58 bits per heavy atom. The molecular weight excluding hydrogens is 507 g/mol. The minimum Gasteiger partial charge on any atom is -0.454 e. The predicted octanol–water partition coefficient (Wildman–Crippen LogP) is 4.81. The van der Waals surface area contributed by atoms with Crippen LogP contribution in [0.4, 0.5) is 10.1 Å². The van der Waals surface area contributed by atoms with Crippen molar-refractivity contribution in [3.63, 3.8) is 0 Å². The van der Waals surface area contributed by atoms with E-state index >= 15 is 0 Å². The van der Waals surface area contributed by atoms with Crippen LogP contribution in [0.15, 0.2) is 94.7 Å². The Hall–Kier alpha value is -4.50. The van der Waals surface area contributed by atoms with Crippen LogP contribution in [0.3, 0.4) is 0 Å². The summed E-state index contributed by atoms with van der Waals surface area (Å²) in [6.45, 7) is 0.307. The molecule has 4 aromatic rings. The molecule has 0 radical (unpaired) electrons. The first-order valence-corrected chi connectivity index (χ1v) is 13.0. The molecule has 38 heavy (non-hydrogen) atoms. The zero-order valence-electron chi connectivity index (χ0n) is 20.0. The van der Waals surface area contributed by atoms with Crippen molar-refractivity contribution in [2.75, 3.05) is 11.7 Å². The van der Waals surface area contributed by atoms with Gasteiger partial charge in [0.2, 0.25) is 6.79 Å². The molecule has 0 aromatic heterocycles. The molecule has 1 atom stereocenters. The van der Waals surface area contributed by atoms with Crippen LogP contribution in [0.25, 0.3) is 0 Å². The van der Waals surface area contributed by atoms with E-state index in [2.05, 4.69) is 5.32 Å². The van der Waals surface area contributed by atoms with Crippen molar-refractivity contribution in [1.29, 1.82) is 0 Å². The normalized spacial score (nSPS) is 15.4. The Bertz CT molecular complexity index is 1620. The van der Waals surface area contributed by atoms with Gasteiger partial charge < -0.3 is 19.7 Å². The first-order chi connectivity index (χ1) is 18.5. The molecule has 0 spiro atoms. The zero-order valence-corrected chi connectivity index (χ0v) is 20.8. The smallest absolute Gasteiger partial charge is 0.259 e. The SMILES string of the molecule is O=C(NCc1ccc2c(c1)OCO2)c1ccc2c(c1)N(Cc1ccccc1F)C(=O)c1ccccc1[S@]2=O. The fourth-order valence-corrected chi connectivity index (χ4v) is 5.84. The molecule has 190 valence electrons. The second-order valence-corrected chi connectivity index (χ2v) is 10.2. The number of hydrogen-bond acceptors (Lipinski definition) is 5. The van der Waals surface area contributed by atoms with Crippen molar-refractivity contribution < 1.29 is 27.7 Å². The Morgan fingerprint density at radius 2 is 1.71 bits per heavy atom. The van der Waals surface area contributed by atoms with E-state index in [9.17, 15) is 18.2 Å². The van der Waals surface area contributed by atoms with Crippen molar-refractivity contribution in [3.8, 4) is 11.5 Å². The van der Waals surface area contributed by atoms with Crippen LogP contribution in [0, 0.1) is 5.82 Å². The van der Waals surface area contributed by atoms with Gasteiger partial charge >= 0.3 is 0 Å². The number of carbonyl (C=O) groups is 2. The van der Waals surface area contributed by atoms with Gasteiger partial charge in [0.05, 0.1) is 38.4 Å². The molecule has 2 heterocycles. The topological polar surface area (TPSA) is 84.9 Å². The van der Waals surface area contributed by atoms with E-state index in [-0.39, 0.29) is 36.9 Å². The maximum Gasteiger partial charge on any atom is 0.259 e. The average Bonchev–Trinajstić information content (AvgIpc) is 3.40. The predicted molar refractivity (Wildman–Crippen MR) is 138 cm³/mol. The van der Waals surface area contributed by atoms with Gasteiger partial charge in [-0.3, -0.25) is 9.59 Å². The number of carbonyl (C=O) groups excluding carboxylic acids is 2. The molecule has 2 amide bonds. The molecule has 0 saturated carbocycles. The largest absolute Gasteiger partial charge is 0.454 e. The lowest BCUT2D eigenvalue weighted by atomic mass is 10.1. The number of rotatable bonds is 5. The number of hydrogen-bond donors (Lipinski definition) is 1. The Labute approximate surface area is 220 Å². The van der Waals surface area contributed by atoms with Crippen molar-refractivity contribution in [3.05, 3.63) is 113 Å². The van der Waals surface area contributed by atoms with Crippen LogP contribution in [0.1, 0.15) is 31.8 Å². The third-order valence-electron chi connectivity index (χ3n) is 6.45. The van der Waals surface area contributed by atoms with Gasteiger partial charge in [0.25, 0.3) is 11.8 Å². The minimum atomic E-state index is -1.68. The summed E-state index contributed by atoms with van der Waals surface area (Å²) in [5, 5.41) is 2.87. The number of halogens is 1. The maximum atomic E-state index is 14.6. The highest BCUT2D eigenvalue weighted by molar-refractivity contribution is 7.85. The lowest BCUT2D eigenvalue weighted by Gasteiger charge is -2.24. The molecule has 9 heteroatoms. The summed E-state index contributed by atoms with van der Waals surface area (Å²) in [7, 11) is -1.68. The number of amides is 2. The Balaban J connectivity index is 1.35. The molecular formula is C29H21FN2O5S. The highest BCUT2D eigenvalue weighted by Gasteiger charge is 2.32. The summed E-state index contributed by atoms with van der Waals surface area (Å²) in [5.74, 6) is 0.00820. The van der Waals surface area contributed by atoms with Crippen molar-refractivity contribution in [2.45, 2.75) is 22.9 Å². The molecule has 0 fully saturated rings. The number of ether oxygens (including phenoxy) is 2. The van der Waals surface area contributed by atoms with E-state index < -0.39 is 22.5 Å². The fourth-order valence-electron chi connectivity index (χ4n) is 4.49. The number of fused-ring (bicyclic) bond motifs is 3. The third-order valence-corrected chi connectivity index (χ3v) is 7.95. The van der Waals surface area contributed by atoms with Gasteiger partial charge in [-0.15, -0.1) is 0 Å².